The fraction of sp³-hybridized carbons (Fsp3) is 0.949. The van der Waals surface area contributed by atoms with Gasteiger partial charge in [-0.25, -0.2) is 0 Å². The Kier molecular flexibility index (Phi) is 12.8. The van der Waals surface area contributed by atoms with Gasteiger partial charge in [-0.2, -0.15) is 0 Å². The number of hydrogen-bond donors (Lipinski definition) is 10. The summed E-state index contributed by atoms with van der Waals surface area (Å²) in [5, 5.41) is 106. The lowest BCUT2D eigenvalue weighted by molar-refractivity contribution is -0.324. The van der Waals surface area contributed by atoms with Crippen LogP contribution in [0.15, 0.2) is 11.6 Å². The molecule has 0 unspecified atom stereocenters. The van der Waals surface area contributed by atoms with Gasteiger partial charge >= 0.3 is 0 Å². The van der Waals surface area contributed by atoms with Crippen molar-refractivity contribution in [3.05, 3.63) is 11.6 Å². The van der Waals surface area contributed by atoms with Gasteiger partial charge in [-0.1, -0.05) is 46.3 Å². The Morgan fingerprint density at radius 1 is 0.774 bits per heavy atom. The third kappa shape index (κ3) is 7.42. The summed E-state index contributed by atoms with van der Waals surface area (Å²) >= 11 is 0. The first-order chi connectivity index (χ1) is 25.0. The molecule has 14 nitrogen and oxygen atoms in total. The summed E-state index contributed by atoms with van der Waals surface area (Å²) in [4.78, 5) is 0. The lowest BCUT2D eigenvalue weighted by atomic mass is 9.46. The van der Waals surface area contributed by atoms with E-state index in [9.17, 15) is 51.1 Å². The van der Waals surface area contributed by atoms with Crippen LogP contribution in [0.25, 0.3) is 0 Å². The minimum atomic E-state index is -1.59. The van der Waals surface area contributed by atoms with Gasteiger partial charge in [0.2, 0.25) is 0 Å². The summed E-state index contributed by atoms with van der Waals surface area (Å²) in [6, 6.07) is 0. The van der Waals surface area contributed by atoms with Gasteiger partial charge in [-0.15, -0.1) is 0 Å². The fourth-order valence-corrected chi connectivity index (χ4v) is 11.7. The van der Waals surface area contributed by atoms with E-state index < -0.39 is 104 Å². The minimum absolute atomic E-state index is 0.0794. The maximum atomic E-state index is 11.6. The molecular formula is C39H66O14. The van der Waals surface area contributed by atoms with Gasteiger partial charge < -0.3 is 70.0 Å². The van der Waals surface area contributed by atoms with Crippen LogP contribution in [0, 0.1) is 46.3 Å². The van der Waals surface area contributed by atoms with Crippen molar-refractivity contribution < 1.29 is 70.0 Å². The highest BCUT2D eigenvalue weighted by Gasteiger charge is 2.65. The van der Waals surface area contributed by atoms with E-state index in [1.165, 1.54) is 0 Å². The monoisotopic (exact) mass is 758 g/mol. The molecule has 0 aromatic carbocycles. The van der Waals surface area contributed by atoms with Gasteiger partial charge in [0.1, 0.15) is 48.8 Å². The van der Waals surface area contributed by atoms with Crippen LogP contribution >= 0.6 is 0 Å². The van der Waals surface area contributed by atoms with Gasteiger partial charge in [-0.05, 0) is 85.9 Å². The van der Waals surface area contributed by atoms with Gasteiger partial charge in [0, 0.05) is 11.8 Å². The molecule has 3 saturated carbocycles. The highest BCUT2D eigenvalue weighted by molar-refractivity contribution is 5.28. The number of allylic oxidation sites excluding steroid dienone is 1. The molecule has 4 aliphatic carbocycles. The molecule has 0 amide bonds. The second kappa shape index (κ2) is 16.2. The van der Waals surface area contributed by atoms with Crippen molar-refractivity contribution in [2.24, 2.45) is 46.3 Å². The minimum Gasteiger partial charge on any atom is -0.394 e. The number of fused-ring (bicyclic) bond motifs is 5. The van der Waals surface area contributed by atoms with Crippen molar-refractivity contribution in [2.75, 3.05) is 13.2 Å². The van der Waals surface area contributed by atoms with Crippen molar-refractivity contribution in [1.29, 1.82) is 0 Å². The largest absolute Gasteiger partial charge is 0.394 e. The van der Waals surface area contributed by atoms with Crippen molar-refractivity contribution in [1.82, 2.24) is 0 Å². The number of hydrogen-bond acceptors (Lipinski definition) is 14. The molecule has 6 rings (SSSR count). The third-order valence-electron chi connectivity index (χ3n) is 14.7. The van der Waals surface area contributed by atoms with Gasteiger partial charge in [-0.3, -0.25) is 0 Å². The zero-order valence-electron chi connectivity index (χ0n) is 31.8. The molecule has 0 aromatic rings. The molecule has 0 bridgehead atoms. The Morgan fingerprint density at radius 2 is 1.36 bits per heavy atom. The summed E-state index contributed by atoms with van der Waals surface area (Å²) in [5.41, 5.74) is 0.176. The van der Waals surface area contributed by atoms with Crippen LogP contribution in [-0.4, -0.2) is 150 Å². The van der Waals surface area contributed by atoms with E-state index >= 15 is 0 Å². The van der Waals surface area contributed by atoms with E-state index in [1.807, 2.05) is 0 Å². The maximum absolute atomic E-state index is 11.6. The molecule has 53 heavy (non-hydrogen) atoms. The van der Waals surface area contributed by atoms with Crippen LogP contribution in [0.1, 0.15) is 86.0 Å². The predicted octanol–water partition coefficient (Wildman–Crippen LogP) is -0.0505. The molecule has 21 atom stereocenters. The molecule has 5 fully saturated rings. The number of aliphatic hydroxyl groups excluding tert-OH is 10. The summed E-state index contributed by atoms with van der Waals surface area (Å²) in [6.07, 6.45) is -9.27. The van der Waals surface area contributed by atoms with Crippen LogP contribution < -0.4 is 0 Å². The lowest BCUT2D eigenvalue weighted by Gasteiger charge is -2.60. The highest BCUT2D eigenvalue weighted by atomic mass is 16.7. The van der Waals surface area contributed by atoms with E-state index in [-0.39, 0.29) is 41.4 Å². The molecule has 14 heteroatoms. The molecule has 306 valence electrons. The van der Waals surface area contributed by atoms with Gasteiger partial charge in [0.05, 0.1) is 37.6 Å². The van der Waals surface area contributed by atoms with Crippen LogP contribution in [-0.2, 0) is 18.9 Å². The maximum Gasteiger partial charge on any atom is 0.187 e. The van der Waals surface area contributed by atoms with Gasteiger partial charge in [0.15, 0.2) is 12.6 Å². The first-order valence-electron chi connectivity index (χ1n) is 19.9. The van der Waals surface area contributed by atoms with Crippen LogP contribution in [0.5, 0.6) is 0 Å². The molecule has 0 spiro atoms. The number of aliphatic hydroxyl groups is 10. The Balaban J connectivity index is 1.31. The molecular weight excluding hydrogens is 692 g/mol. The Morgan fingerprint density at radius 3 is 1.92 bits per heavy atom. The lowest BCUT2D eigenvalue weighted by Crippen LogP contribution is -2.62. The first-order valence-corrected chi connectivity index (χ1v) is 19.9. The smallest absolute Gasteiger partial charge is 0.187 e. The average Bonchev–Trinajstić information content (AvgIpc) is 3.42. The van der Waals surface area contributed by atoms with Crippen molar-refractivity contribution in [2.45, 2.75) is 172 Å². The summed E-state index contributed by atoms with van der Waals surface area (Å²) in [5.74, 6) is 0.371. The Hall–Kier alpha value is -0.820. The Bertz CT molecular complexity index is 1260. The normalized spacial score (nSPS) is 51.2. The molecule has 2 saturated heterocycles. The first kappa shape index (κ1) is 41.8. The van der Waals surface area contributed by atoms with Crippen LogP contribution in [0.2, 0.25) is 0 Å². The molecule has 6 aliphatic rings. The molecule has 10 N–H and O–H groups in total. The third-order valence-corrected chi connectivity index (χ3v) is 14.7. The molecule has 2 aliphatic heterocycles. The van der Waals surface area contributed by atoms with E-state index in [1.54, 1.807) is 0 Å². The zero-order chi connectivity index (χ0) is 38.7. The van der Waals surface area contributed by atoms with E-state index in [0.29, 0.717) is 25.2 Å². The number of ether oxygens (including phenoxy) is 4. The topological polar surface area (TPSA) is 239 Å². The Labute approximate surface area is 312 Å². The summed E-state index contributed by atoms with van der Waals surface area (Å²) in [7, 11) is 0. The highest BCUT2D eigenvalue weighted by Crippen LogP contribution is 2.68. The second-order valence-corrected chi connectivity index (χ2v) is 18.1. The van der Waals surface area contributed by atoms with Crippen molar-refractivity contribution in [3.8, 4) is 0 Å². The van der Waals surface area contributed by atoms with E-state index in [0.717, 1.165) is 31.3 Å². The fourth-order valence-electron chi connectivity index (χ4n) is 11.7. The molecule has 0 radical (unpaired) electrons. The molecule has 2 heterocycles. The van der Waals surface area contributed by atoms with E-state index in [2.05, 4.69) is 40.7 Å². The summed E-state index contributed by atoms with van der Waals surface area (Å²) in [6.45, 7) is 9.58. The van der Waals surface area contributed by atoms with Gasteiger partial charge in [0.25, 0.3) is 0 Å². The second-order valence-electron chi connectivity index (χ2n) is 18.1. The summed E-state index contributed by atoms with van der Waals surface area (Å²) < 4.78 is 24.8. The molecule has 0 aromatic heterocycles. The standard InChI is InChI=1S/C39H66O14/c1-17(2)6-9-24(43)18(3)29-25(50-36-34(48)32(46)30(44)26(15-40)51-36)14-23-21-8-7-19-12-20(42)13-28(39(19,5)22(21)10-11-38(23,29)4)53-37-35(49)33(47)31(45)27(16-41)52-37/h7,17-18,20-37,40-49H,6,8-16H2,1-5H3/t18-,20-,21-,22+,23+,24+,25+,26+,27+,28+,29+,30+,31+,32-,33+,34+,35+,36+,37+,38+,39-/m1/s1. The quantitative estimate of drug-likeness (QED) is 0.124. The SMILES string of the molecule is CC(C)CC[C@H](O)[C@@H](C)[C@H]1[C@@H](O[C@H]2O[C@@H](CO)[C@H](O)[C@@H](O)[C@@H]2O)C[C@H]2[C@@H]3CC=C4C[C@@H](O)C[C@H](O[C@@H]5O[C@@H](CO)[C@H](O)[C@H](O)[C@@H]5O)[C@@]4(C)[C@H]3CC[C@]12C. The zero-order valence-corrected chi connectivity index (χ0v) is 31.8. The predicted molar refractivity (Wildman–Crippen MR) is 188 cm³/mol. The van der Waals surface area contributed by atoms with Crippen molar-refractivity contribution in [3.63, 3.8) is 0 Å². The number of rotatable bonds is 11. The van der Waals surface area contributed by atoms with Crippen LogP contribution in [0.4, 0.5) is 0 Å². The van der Waals surface area contributed by atoms with E-state index in [4.69, 9.17) is 18.9 Å². The van der Waals surface area contributed by atoms with Crippen LogP contribution in [0.3, 0.4) is 0 Å². The van der Waals surface area contributed by atoms with Crippen molar-refractivity contribution >= 4 is 0 Å². The average molecular weight is 759 g/mol.